The Balaban J connectivity index is 1.86. The first-order chi connectivity index (χ1) is 16.0. The third-order valence-corrected chi connectivity index (χ3v) is 6.01. The van der Waals surface area contributed by atoms with Crippen molar-refractivity contribution in [2.45, 2.75) is 26.3 Å². The molecule has 0 aliphatic rings. The van der Waals surface area contributed by atoms with Gasteiger partial charge >= 0.3 is 0 Å². The molecule has 1 atom stereocenters. The van der Waals surface area contributed by atoms with E-state index in [1.54, 1.807) is 35.8 Å². The second kappa shape index (κ2) is 9.28. The number of amides is 1. The van der Waals surface area contributed by atoms with E-state index in [-0.39, 0.29) is 11.5 Å². The molecule has 0 saturated heterocycles. The SMILES string of the molecule is CCc1ccc(C(=O)N(C)C(C)c2nc3ccccc3c(=O)n2-c2ccccc2OC)cc1. The molecule has 6 heteroatoms. The summed E-state index contributed by atoms with van der Waals surface area (Å²) in [4.78, 5) is 33.3. The molecule has 3 aromatic carbocycles. The smallest absolute Gasteiger partial charge is 0.266 e. The number of aryl methyl sites for hydroxylation is 1. The molecular weight excluding hydrogens is 414 g/mol. The fourth-order valence-corrected chi connectivity index (χ4v) is 3.91. The van der Waals surface area contributed by atoms with E-state index in [0.717, 1.165) is 6.42 Å². The van der Waals surface area contributed by atoms with Crippen molar-refractivity contribution in [3.63, 3.8) is 0 Å². The summed E-state index contributed by atoms with van der Waals surface area (Å²) in [7, 11) is 3.30. The second-order valence-electron chi connectivity index (χ2n) is 7.94. The molecule has 0 saturated carbocycles. The number of fused-ring (bicyclic) bond motifs is 1. The number of methoxy groups -OCH3 is 1. The molecule has 4 rings (SSSR count). The van der Waals surface area contributed by atoms with Crippen LogP contribution in [0.25, 0.3) is 16.6 Å². The Bertz CT molecular complexity index is 1360. The first-order valence-corrected chi connectivity index (χ1v) is 11.0. The van der Waals surface area contributed by atoms with Gasteiger partial charge in [0.05, 0.1) is 29.7 Å². The Hall–Kier alpha value is -3.93. The number of hydrogen-bond acceptors (Lipinski definition) is 4. The van der Waals surface area contributed by atoms with Crippen LogP contribution in [0.3, 0.4) is 0 Å². The van der Waals surface area contributed by atoms with E-state index in [0.29, 0.717) is 33.7 Å². The van der Waals surface area contributed by atoms with Crippen LogP contribution in [0.1, 0.15) is 41.6 Å². The van der Waals surface area contributed by atoms with E-state index >= 15 is 0 Å². The predicted octanol–water partition coefficient (Wildman–Crippen LogP) is 4.79. The van der Waals surface area contributed by atoms with Crippen LogP contribution in [-0.4, -0.2) is 34.5 Å². The van der Waals surface area contributed by atoms with Crippen molar-refractivity contribution in [2.24, 2.45) is 0 Å². The van der Waals surface area contributed by atoms with Gasteiger partial charge < -0.3 is 9.64 Å². The summed E-state index contributed by atoms with van der Waals surface area (Å²) in [6, 6.07) is 21.7. The number of ether oxygens (including phenoxy) is 1. The molecule has 0 aliphatic heterocycles. The second-order valence-corrected chi connectivity index (χ2v) is 7.94. The molecule has 0 bridgehead atoms. The lowest BCUT2D eigenvalue weighted by atomic mass is 10.1. The number of carbonyl (C=O) groups is 1. The van der Waals surface area contributed by atoms with E-state index < -0.39 is 6.04 Å². The molecule has 0 spiro atoms. The average molecular weight is 442 g/mol. The number of carbonyl (C=O) groups excluding carboxylic acids is 1. The lowest BCUT2D eigenvalue weighted by Crippen LogP contribution is -2.35. The Morgan fingerprint density at radius 2 is 1.70 bits per heavy atom. The van der Waals surface area contributed by atoms with Gasteiger partial charge in [-0.3, -0.25) is 14.2 Å². The van der Waals surface area contributed by atoms with Gasteiger partial charge in [-0.25, -0.2) is 4.98 Å². The van der Waals surface area contributed by atoms with Crippen LogP contribution in [0.4, 0.5) is 0 Å². The van der Waals surface area contributed by atoms with E-state index in [1.165, 1.54) is 5.56 Å². The molecule has 0 N–H and O–H groups in total. The monoisotopic (exact) mass is 441 g/mol. The van der Waals surface area contributed by atoms with E-state index in [2.05, 4.69) is 6.92 Å². The zero-order valence-corrected chi connectivity index (χ0v) is 19.3. The predicted molar refractivity (Wildman–Crippen MR) is 130 cm³/mol. The van der Waals surface area contributed by atoms with E-state index in [9.17, 15) is 9.59 Å². The van der Waals surface area contributed by atoms with Crippen LogP contribution >= 0.6 is 0 Å². The fraction of sp³-hybridized carbons (Fsp3) is 0.222. The third-order valence-electron chi connectivity index (χ3n) is 6.01. The highest BCUT2D eigenvalue weighted by Crippen LogP contribution is 2.27. The standard InChI is InChI=1S/C27H27N3O3/c1-5-19-14-16-20(17-15-19)26(31)29(3)18(2)25-28-22-11-7-6-10-21(22)27(32)30(25)23-12-8-9-13-24(23)33-4/h6-18H,5H2,1-4H3. The highest BCUT2D eigenvalue weighted by Gasteiger charge is 2.26. The summed E-state index contributed by atoms with van der Waals surface area (Å²) < 4.78 is 7.08. The third kappa shape index (κ3) is 4.12. The summed E-state index contributed by atoms with van der Waals surface area (Å²) >= 11 is 0. The first-order valence-electron chi connectivity index (χ1n) is 11.0. The molecule has 0 fully saturated rings. The molecule has 1 aromatic heterocycles. The maximum absolute atomic E-state index is 13.6. The van der Waals surface area contributed by atoms with Gasteiger partial charge in [0, 0.05) is 12.6 Å². The van der Waals surface area contributed by atoms with Crippen LogP contribution in [-0.2, 0) is 6.42 Å². The van der Waals surface area contributed by atoms with Crippen molar-refractivity contribution in [3.8, 4) is 11.4 Å². The fourth-order valence-electron chi connectivity index (χ4n) is 3.91. The largest absolute Gasteiger partial charge is 0.495 e. The highest BCUT2D eigenvalue weighted by molar-refractivity contribution is 5.94. The quantitative estimate of drug-likeness (QED) is 0.432. The minimum absolute atomic E-state index is 0.140. The average Bonchev–Trinajstić information content (AvgIpc) is 2.87. The van der Waals surface area contributed by atoms with E-state index in [4.69, 9.17) is 9.72 Å². The molecule has 1 unspecified atom stereocenters. The van der Waals surface area contributed by atoms with Crippen molar-refractivity contribution < 1.29 is 9.53 Å². The molecule has 1 amide bonds. The van der Waals surface area contributed by atoms with Gasteiger partial charge in [0.25, 0.3) is 11.5 Å². The van der Waals surface area contributed by atoms with Crippen LogP contribution in [0.5, 0.6) is 5.75 Å². The molecule has 33 heavy (non-hydrogen) atoms. The molecule has 168 valence electrons. The number of rotatable bonds is 6. The van der Waals surface area contributed by atoms with Crippen LogP contribution in [0, 0.1) is 0 Å². The van der Waals surface area contributed by atoms with Gasteiger partial charge in [0.2, 0.25) is 0 Å². The topological polar surface area (TPSA) is 64.4 Å². The normalized spacial score (nSPS) is 11.9. The Morgan fingerprint density at radius 1 is 1.03 bits per heavy atom. The summed E-state index contributed by atoms with van der Waals surface area (Å²) in [6.07, 6.45) is 0.910. The molecule has 4 aromatic rings. The van der Waals surface area contributed by atoms with Crippen molar-refractivity contribution in [1.29, 1.82) is 0 Å². The molecule has 0 aliphatic carbocycles. The van der Waals surface area contributed by atoms with Gasteiger partial charge in [0.15, 0.2) is 0 Å². The van der Waals surface area contributed by atoms with Gasteiger partial charge in [-0.15, -0.1) is 0 Å². The Morgan fingerprint density at radius 3 is 2.39 bits per heavy atom. The maximum atomic E-state index is 13.6. The van der Waals surface area contributed by atoms with Crippen molar-refractivity contribution >= 4 is 16.8 Å². The number of nitrogens with zero attached hydrogens (tertiary/aromatic N) is 3. The number of hydrogen-bond donors (Lipinski definition) is 0. The molecular formula is C27H27N3O3. The number of benzene rings is 3. The first kappa shape index (κ1) is 22.3. The van der Waals surface area contributed by atoms with Gasteiger partial charge in [-0.1, -0.05) is 43.3 Å². The number of para-hydroxylation sites is 3. The van der Waals surface area contributed by atoms with Gasteiger partial charge in [-0.2, -0.15) is 0 Å². The Labute approximate surface area is 193 Å². The molecule has 0 radical (unpaired) electrons. The van der Waals surface area contributed by atoms with E-state index in [1.807, 2.05) is 67.6 Å². The van der Waals surface area contributed by atoms with Gasteiger partial charge in [-0.05, 0) is 55.3 Å². The Kier molecular flexibility index (Phi) is 6.27. The summed E-state index contributed by atoms with van der Waals surface area (Å²) in [5, 5.41) is 0.503. The minimum Gasteiger partial charge on any atom is -0.495 e. The van der Waals surface area contributed by atoms with Crippen LogP contribution in [0.2, 0.25) is 0 Å². The zero-order valence-electron chi connectivity index (χ0n) is 19.3. The van der Waals surface area contributed by atoms with Crippen LogP contribution in [0.15, 0.2) is 77.6 Å². The van der Waals surface area contributed by atoms with Crippen LogP contribution < -0.4 is 10.3 Å². The molecule has 6 nitrogen and oxygen atoms in total. The zero-order chi connectivity index (χ0) is 23.5. The van der Waals surface area contributed by atoms with Crippen molar-refractivity contribution in [3.05, 3.63) is 100 Å². The minimum atomic E-state index is -0.481. The van der Waals surface area contributed by atoms with Crippen molar-refractivity contribution in [2.75, 3.05) is 14.2 Å². The maximum Gasteiger partial charge on any atom is 0.266 e. The molecule has 1 heterocycles. The summed E-state index contributed by atoms with van der Waals surface area (Å²) in [6.45, 7) is 3.95. The number of aromatic nitrogens is 2. The van der Waals surface area contributed by atoms with Crippen molar-refractivity contribution in [1.82, 2.24) is 14.5 Å². The summed E-state index contributed by atoms with van der Waals surface area (Å²) in [5.41, 5.74) is 2.72. The lowest BCUT2D eigenvalue weighted by molar-refractivity contribution is 0.0735. The lowest BCUT2D eigenvalue weighted by Gasteiger charge is -2.27. The summed E-state index contributed by atoms with van der Waals surface area (Å²) in [5.74, 6) is 0.873. The van der Waals surface area contributed by atoms with Gasteiger partial charge in [0.1, 0.15) is 11.6 Å². The highest BCUT2D eigenvalue weighted by atomic mass is 16.5.